The fourth-order valence-electron chi connectivity index (χ4n) is 2.76. The van der Waals surface area contributed by atoms with Crippen molar-refractivity contribution in [3.63, 3.8) is 0 Å². The molecule has 1 saturated heterocycles. The third-order valence-electron chi connectivity index (χ3n) is 4.15. The Morgan fingerprint density at radius 3 is 2.96 bits per heavy atom. The van der Waals surface area contributed by atoms with Gasteiger partial charge in [-0.1, -0.05) is 29.5 Å². The second kappa shape index (κ2) is 6.46. The Kier molecular flexibility index (Phi) is 4.72. The Morgan fingerprint density at radius 2 is 2.26 bits per heavy atom. The van der Waals surface area contributed by atoms with Crippen LogP contribution < -0.4 is 5.56 Å². The van der Waals surface area contributed by atoms with E-state index in [4.69, 9.17) is 9.62 Å². The molecule has 2 aromatic rings. The van der Waals surface area contributed by atoms with Gasteiger partial charge < -0.3 is 13.9 Å². The van der Waals surface area contributed by atoms with Gasteiger partial charge in [0.15, 0.2) is 11.5 Å². The second-order valence-electron chi connectivity index (χ2n) is 5.56. The lowest BCUT2D eigenvalue weighted by atomic mass is 10.0. The number of alkyl halides is 1. The average molecular weight is 437 g/mol. The summed E-state index contributed by atoms with van der Waals surface area (Å²) in [6.45, 7) is 2.32. The van der Waals surface area contributed by atoms with E-state index in [9.17, 15) is 9.18 Å². The molecule has 0 aromatic carbocycles. The number of fused-ring (bicyclic) bond motifs is 1. The first-order valence-corrected chi connectivity index (χ1v) is 8.37. The van der Waals surface area contributed by atoms with Gasteiger partial charge in [-0.2, -0.15) is 0 Å². The summed E-state index contributed by atoms with van der Waals surface area (Å²) in [5, 5.41) is -0.0218. The molecule has 0 spiro atoms. The van der Waals surface area contributed by atoms with Gasteiger partial charge in [-0.3, -0.25) is 4.79 Å². The standard InChI is InChI=1S/C14H17FIN3O4/c1-7-9(5-22-21-3)23-14(11(7)16)19-4-8(15)10-12(19)17-6-18(2)13(10)20/h4,6-7,9,11,14H,5H2,1-3H3/t7?,9-,11+,14-/m1/s1. The Balaban J connectivity index is 2.01. The number of hydrogen-bond acceptors (Lipinski definition) is 5. The molecule has 1 unspecified atom stereocenters. The predicted octanol–water partition coefficient (Wildman–Crippen LogP) is 1.79. The van der Waals surface area contributed by atoms with Crippen LogP contribution in [0, 0.1) is 11.7 Å². The fourth-order valence-corrected chi connectivity index (χ4v) is 3.74. The Morgan fingerprint density at radius 1 is 1.52 bits per heavy atom. The lowest BCUT2D eigenvalue weighted by molar-refractivity contribution is -0.288. The van der Waals surface area contributed by atoms with Crippen molar-refractivity contribution in [3.8, 4) is 0 Å². The zero-order chi connectivity index (χ0) is 16.7. The zero-order valence-corrected chi connectivity index (χ0v) is 15.1. The van der Waals surface area contributed by atoms with Crippen LogP contribution in [0.4, 0.5) is 4.39 Å². The largest absolute Gasteiger partial charge is 0.351 e. The van der Waals surface area contributed by atoms with E-state index in [0.717, 1.165) is 0 Å². The first kappa shape index (κ1) is 16.8. The van der Waals surface area contributed by atoms with Gasteiger partial charge in [0.25, 0.3) is 5.56 Å². The third kappa shape index (κ3) is 2.79. The van der Waals surface area contributed by atoms with Crippen molar-refractivity contribution < 1.29 is 18.9 Å². The number of aromatic nitrogens is 3. The first-order chi connectivity index (χ1) is 11.0. The minimum atomic E-state index is -0.592. The summed E-state index contributed by atoms with van der Waals surface area (Å²) in [6.07, 6.45) is 2.05. The van der Waals surface area contributed by atoms with Crippen LogP contribution in [0.5, 0.6) is 0 Å². The molecule has 4 atom stereocenters. The second-order valence-corrected chi connectivity index (χ2v) is 7.00. The van der Waals surface area contributed by atoms with Crippen molar-refractivity contribution in [2.24, 2.45) is 13.0 Å². The van der Waals surface area contributed by atoms with Crippen LogP contribution >= 0.6 is 22.6 Å². The van der Waals surface area contributed by atoms with E-state index in [0.29, 0.717) is 0 Å². The highest BCUT2D eigenvalue weighted by Gasteiger charge is 2.42. The highest BCUT2D eigenvalue weighted by Crippen LogP contribution is 2.40. The van der Waals surface area contributed by atoms with Crippen LogP contribution in [0.25, 0.3) is 11.0 Å². The summed E-state index contributed by atoms with van der Waals surface area (Å²) in [6, 6.07) is 0. The van der Waals surface area contributed by atoms with E-state index in [1.165, 1.54) is 24.2 Å². The van der Waals surface area contributed by atoms with Crippen LogP contribution in [0.2, 0.25) is 0 Å². The maximum absolute atomic E-state index is 14.2. The molecule has 7 nitrogen and oxygen atoms in total. The highest BCUT2D eigenvalue weighted by molar-refractivity contribution is 14.1. The monoisotopic (exact) mass is 437 g/mol. The molecule has 0 saturated carbocycles. The number of rotatable bonds is 4. The van der Waals surface area contributed by atoms with Crippen LogP contribution in [0.15, 0.2) is 17.3 Å². The third-order valence-corrected chi connectivity index (χ3v) is 5.90. The van der Waals surface area contributed by atoms with E-state index in [1.54, 1.807) is 11.6 Å². The molecule has 126 valence electrons. The molecule has 0 bridgehead atoms. The summed E-state index contributed by atoms with van der Waals surface area (Å²) in [4.78, 5) is 25.9. The van der Waals surface area contributed by atoms with E-state index in [1.807, 2.05) is 6.92 Å². The Labute approximate surface area is 145 Å². The van der Waals surface area contributed by atoms with Gasteiger partial charge in [0.2, 0.25) is 0 Å². The van der Waals surface area contributed by atoms with Crippen molar-refractivity contribution in [2.45, 2.75) is 23.2 Å². The summed E-state index contributed by atoms with van der Waals surface area (Å²) >= 11 is 2.27. The van der Waals surface area contributed by atoms with Gasteiger partial charge in [0.05, 0.1) is 23.5 Å². The molecule has 0 radical (unpaired) electrons. The molecular formula is C14H17FIN3O4. The van der Waals surface area contributed by atoms with E-state index < -0.39 is 17.6 Å². The van der Waals surface area contributed by atoms with Gasteiger partial charge in [0, 0.05) is 19.2 Å². The summed E-state index contributed by atoms with van der Waals surface area (Å²) in [5.41, 5.74) is -0.126. The Hall–Kier alpha value is -1.04. The quantitative estimate of drug-likeness (QED) is 0.316. The fraction of sp³-hybridized carbons (Fsp3) is 0.571. The highest BCUT2D eigenvalue weighted by atomic mass is 127. The van der Waals surface area contributed by atoms with Gasteiger partial charge in [-0.05, 0) is 0 Å². The zero-order valence-electron chi connectivity index (χ0n) is 12.9. The molecule has 1 aliphatic heterocycles. The topological polar surface area (TPSA) is 67.5 Å². The van der Waals surface area contributed by atoms with E-state index in [2.05, 4.69) is 32.5 Å². The van der Waals surface area contributed by atoms with Gasteiger partial charge in [0.1, 0.15) is 18.2 Å². The molecule has 9 heteroatoms. The molecule has 1 aliphatic rings. The summed E-state index contributed by atoms with van der Waals surface area (Å²) in [7, 11) is 2.98. The first-order valence-electron chi connectivity index (χ1n) is 7.12. The maximum atomic E-state index is 14.2. The molecule has 1 fully saturated rings. The molecule has 3 rings (SSSR count). The molecule has 2 aromatic heterocycles. The van der Waals surface area contributed by atoms with Crippen molar-refractivity contribution >= 4 is 33.6 Å². The number of hydrogen-bond donors (Lipinski definition) is 0. The van der Waals surface area contributed by atoms with E-state index in [-0.39, 0.29) is 33.6 Å². The minimum absolute atomic E-state index is 0.0218. The predicted molar refractivity (Wildman–Crippen MR) is 88.8 cm³/mol. The number of aryl methyl sites for hydroxylation is 1. The van der Waals surface area contributed by atoms with Crippen LogP contribution in [0.1, 0.15) is 13.2 Å². The lowest BCUT2D eigenvalue weighted by Gasteiger charge is -2.17. The molecular weight excluding hydrogens is 420 g/mol. The summed E-state index contributed by atoms with van der Waals surface area (Å²) < 4.78 is 23.2. The normalized spacial score (nSPS) is 27.9. The number of ether oxygens (including phenoxy) is 1. The number of nitrogens with zero attached hydrogens (tertiary/aromatic N) is 3. The van der Waals surface area contributed by atoms with Crippen LogP contribution in [0.3, 0.4) is 0 Å². The van der Waals surface area contributed by atoms with Gasteiger partial charge >= 0.3 is 0 Å². The SMILES string of the molecule is COOC[C@H]1O[C@@H](n2cc(F)c3c(=O)n(C)cnc32)[C@@H](I)C1C. The average Bonchev–Trinajstić information content (AvgIpc) is 3.00. The van der Waals surface area contributed by atoms with Crippen molar-refractivity contribution in [1.29, 1.82) is 0 Å². The molecule has 0 aliphatic carbocycles. The Bertz CT molecular complexity index is 777. The van der Waals surface area contributed by atoms with Crippen molar-refractivity contribution in [3.05, 3.63) is 28.7 Å². The molecule has 23 heavy (non-hydrogen) atoms. The van der Waals surface area contributed by atoms with Crippen molar-refractivity contribution in [1.82, 2.24) is 14.1 Å². The summed E-state index contributed by atoms with van der Waals surface area (Å²) in [5.74, 6) is -0.423. The van der Waals surface area contributed by atoms with Crippen LogP contribution in [-0.2, 0) is 21.6 Å². The smallest absolute Gasteiger partial charge is 0.265 e. The maximum Gasteiger partial charge on any atom is 0.265 e. The molecule has 3 heterocycles. The lowest BCUT2D eigenvalue weighted by Crippen LogP contribution is -2.22. The van der Waals surface area contributed by atoms with Crippen molar-refractivity contribution in [2.75, 3.05) is 13.7 Å². The molecule has 0 N–H and O–H groups in total. The van der Waals surface area contributed by atoms with Crippen LogP contribution in [-0.4, -0.2) is 37.9 Å². The number of halogens is 2. The van der Waals surface area contributed by atoms with Gasteiger partial charge in [-0.25, -0.2) is 19.1 Å². The van der Waals surface area contributed by atoms with Gasteiger partial charge in [-0.15, -0.1) is 0 Å². The minimum Gasteiger partial charge on any atom is -0.351 e. The van der Waals surface area contributed by atoms with E-state index >= 15 is 0 Å². The molecule has 0 amide bonds.